The molecule has 2 rings (SSSR count). The van der Waals surface area contributed by atoms with Crippen molar-refractivity contribution in [3.8, 4) is 0 Å². The predicted molar refractivity (Wildman–Crippen MR) is 108 cm³/mol. The minimum Gasteiger partial charge on any atom is -0.444 e. The Hall–Kier alpha value is -0.820. The molecule has 0 aliphatic carbocycles. The third-order valence-electron chi connectivity index (χ3n) is 4.28. The summed E-state index contributed by atoms with van der Waals surface area (Å²) in [4.78, 5) is 14.0. The first-order chi connectivity index (χ1) is 12.1. The van der Waals surface area contributed by atoms with Gasteiger partial charge in [-0.05, 0) is 73.3 Å². The fourth-order valence-electron chi connectivity index (χ4n) is 2.90. The molecule has 1 amide bonds. The number of ether oxygens (including phenoxy) is 2. The first-order valence-corrected chi connectivity index (χ1v) is 9.98. The van der Waals surface area contributed by atoms with Crippen LogP contribution in [-0.4, -0.2) is 48.9 Å². The van der Waals surface area contributed by atoms with Crippen molar-refractivity contribution in [3.63, 3.8) is 0 Å². The number of aryl methyl sites for hydroxylation is 1. The number of nitrogens with zero attached hydrogens (tertiary/aromatic N) is 1. The minimum atomic E-state index is -0.481. The molecule has 1 unspecified atom stereocenters. The van der Waals surface area contributed by atoms with Crippen molar-refractivity contribution < 1.29 is 14.3 Å². The van der Waals surface area contributed by atoms with Gasteiger partial charge in [-0.25, -0.2) is 4.79 Å². The first kappa shape index (κ1) is 21.5. The molecule has 146 valence electrons. The van der Waals surface area contributed by atoms with Gasteiger partial charge in [-0.2, -0.15) is 0 Å². The molecule has 0 aromatic heterocycles. The van der Waals surface area contributed by atoms with Gasteiger partial charge in [-0.1, -0.05) is 11.6 Å². The van der Waals surface area contributed by atoms with Crippen LogP contribution in [0.2, 0.25) is 5.02 Å². The molecule has 1 saturated heterocycles. The van der Waals surface area contributed by atoms with Crippen LogP contribution in [0.15, 0.2) is 10.5 Å². The molecular weight excluding hydrogens is 420 g/mol. The number of hydrogen-bond acceptors (Lipinski definition) is 4. The van der Waals surface area contributed by atoms with Crippen LogP contribution in [-0.2, 0) is 16.1 Å². The summed E-state index contributed by atoms with van der Waals surface area (Å²) in [6, 6.07) is 2.04. The van der Waals surface area contributed by atoms with Gasteiger partial charge in [0.05, 0.1) is 18.2 Å². The zero-order valence-corrected chi connectivity index (χ0v) is 18.5. The number of hydrogen-bond donors (Lipinski definition) is 1. The highest BCUT2D eigenvalue weighted by Crippen LogP contribution is 2.31. The Kier molecular flexibility index (Phi) is 7.36. The van der Waals surface area contributed by atoms with Gasteiger partial charge in [-0.15, -0.1) is 0 Å². The van der Waals surface area contributed by atoms with E-state index in [4.69, 9.17) is 21.1 Å². The van der Waals surface area contributed by atoms with Crippen molar-refractivity contribution in [2.45, 2.75) is 52.9 Å². The molecule has 1 fully saturated rings. The van der Waals surface area contributed by atoms with Crippen LogP contribution in [0.1, 0.15) is 37.5 Å². The fourth-order valence-corrected chi connectivity index (χ4v) is 3.56. The van der Waals surface area contributed by atoms with Crippen LogP contribution < -0.4 is 5.32 Å². The second-order valence-electron chi connectivity index (χ2n) is 7.69. The highest BCUT2D eigenvalue weighted by Gasteiger charge is 2.27. The molecule has 1 heterocycles. The topological polar surface area (TPSA) is 50.8 Å². The van der Waals surface area contributed by atoms with Crippen LogP contribution in [0.4, 0.5) is 4.79 Å². The molecule has 1 aliphatic heterocycles. The average molecular weight is 448 g/mol. The predicted octanol–water partition coefficient (Wildman–Crippen LogP) is 4.44. The van der Waals surface area contributed by atoms with Crippen molar-refractivity contribution in [1.29, 1.82) is 0 Å². The maximum absolute atomic E-state index is 12.2. The van der Waals surface area contributed by atoms with Gasteiger partial charge in [-0.3, -0.25) is 0 Å². The summed E-state index contributed by atoms with van der Waals surface area (Å²) in [7, 11) is 0. The lowest BCUT2D eigenvalue weighted by atomic mass is 10.0. The average Bonchev–Trinajstić information content (AvgIpc) is 2.54. The first-order valence-electron chi connectivity index (χ1n) is 8.81. The zero-order valence-electron chi connectivity index (χ0n) is 16.1. The normalized spacial score (nSPS) is 18.1. The zero-order chi connectivity index (χ0) is 19.5. The molecule has 0 spiro atoms. The summed E-state index contributed by atoms with van der Waals surface area (Å²) in [5.41, 5.74) is 2.87. The molecule has 7 heteroatoms. The van der Waals surface area contributed by atoms with Crippen LogP contribution in [0.5, 0.6) is 0 Å². The lowest BCUT2D eigenvalue weighted by Gasteiger charge is -2.34. The van der Waals surface area contributed by atoms with Gasteiger partial charge in [0.2, 0.25) is 0 Å². The van der Waals surface area contributed by atoms with Gasteiger partial charge < -0.3 is 19.7 Å². The van der Waals surface area contributed by atoms with Crippen LogP contribution >= 0.6 is 27.5 Å². The number of piperazine rings is 1. The molecule has 0 bridgehead atoms. The number of nitrogens with one attached hydrogen (secondary N) is 1. The summed E-state index contributed by atoms with van der Waals surface area (Å²) in [6.45, 7) is 12.7. The van der Waals surface area contributed by atoms with E-state index in [0.29, 0.717) is 31.3 Å². The molecule has 1 N–H and O–H groups in total. The van der Waals surface area contributed by atoms with E-state index in [1.807, 2.05) is 40.7 Å². The number of carbonyl (C=O) groups excluding carboxylic acids is 1. The molecule has 5 nitrogen and oxygen atoms in total. The molecule has 0 saturated carbocycles. The van der Waals surface area contributed by atoms with Crippen LogP contribution in [0.3, 0.4) is 0 Å². The molecule has 1 atom stereocenters. The molecular formula is C19H28BrClN2O3. The van der Waals surface area contributed by atoms with Gasteiger partial charge in [0.1, 0.15) is 5.60 Å². The SMILES string of the molecule is Cc1cc(Cl)c(Br)c(C)c1COCC1CN(C(=O)OC(C)(C)C)CCN1. The number of amides is 1. The number of halogens is 2. The summed E-state index contributed by atoms with van der Waals surface area (Å²) in [5.74, 6) is 0. The lowest BCUT2D eigenvalue weighted by molar-refractivity contribution is 0.0127. The van der Waals surface area contributed by atoms with Gasteiger partial charge >= 0.3 is 6.09 Å². The standard InChI is InChI=1S/C19H28BrClN2O3/c1-12-8-16(21)17(20)13(2)15(12)11-25-10-14-9-23(7-6-22-14)18(24)26-19(3,4)5/h8,14,22H,6-7,9-11H2,1-5H3. The smallest absolute Gasteiger partial charge is 0.410 e. The van der Waals surface area contributed by atoms with Crippen LogP contribution in [0.25, 0.3) is 0 Å². The highest BCUT2D eigenvalue weighted by molar-refractivity contribution is 9.10. The number of carbonyl (C=O) groups is 1. The fraction of sp³-hybridized carbons (Fsp3) is 0.632. The highest BCUT2D eigenvalue weighted by atomic mass is 79.9. The number of benzene rings is 1. The van der Waals surface area contributed by atoms with E-state index in [2.05, 4.69) is 21.2 Å². The third kappa shape index (κ3) is 5.84. The van der Waals surface area contributed by atoms with Crippen molar-refractivity contribution in [2.24, 2.45) is 0 Å². The van der Waals surface area contributed by atoms with Gasteiger partial charge in [0.25, 0.3) is 0 Å². The van der Waals surface area contributed by atoms with E-state index >= 15 is 0 Å². The Labute approximate surface area is 169 Å². The lowest BCUT2D eigenvalue weighted by Crippen LogP contribution is -2.55. The maximum Gasteiger partial charge on any atom is 0.410 e. The van der Waals surface area contributed by atoms with E-state index in [1.54, 1.807) is 4.90 Å². The summed E-state index contributed by atoms with van der Waals surface area (Å²) >= 11 is 9.71. The second-order valence-corrected chi connectivity index (χ2v) is 8.89. The van der Waals surface area contributed by atoms with Gasteiger partial charge in [0, 0.05) is 30.1 Å². The van der Waals surface area contributed by atoms with E-state index in [9.17, 15) is 4.79 Å². The molecule has 0 radical (unpaired) electrons. The Bertz CT molecular complexity index is 661. The van der Waals surface area contributed by atoms with E-state index in [0.717, 1.165) is 27.7 Å². The monoisotopic (exact) mass is 446 g/mol. The van der Waals surface area contributed by atoms with Crippen molar-refractivity contribution in [3.05, 3.63) is 32.3 Å². The second kappa shape index (κ2) is 8.91. The summed E-state index contributed by atoms with van der Waals surface area (Å²) < 4.78 is 12.3. The summed E-state index contributed by atoms with van der Waals surface area (Å²) in [5, 5.41) is 4.11. The molecule has 1 aromatic rings. The summed E-state index contributed by atoms with van der Waals surface area (Å²) in [6.07, 6.45) is -0.266. The quantitative estimate of drug-likeness (QED) is 0.741. The Morgan fingerprint density at radius 2 is 2.12 bits per heavy atom. The number of rotatable bonds is 4. The Morgan fingerprint density at radius 3 is 2.77 bits per heavy atom. The van der Waals surface area contributed by atoms with E-state index in [1.165, 1.54) is 0 Å². The van der Waals surface area contributed by atoms with Crippen LogP contribution in [0, 0.1) is 13.8 Å². The third-order valence-corrected chi connectivity index (χ3v) is 5.83. The van der Waals surface area contributed by atoms with Gasteiger partial charge in [0.15, 0.2) is 0 Å². The molecule has 26 heavy (non-hydrogen) atoms. The minimum absolute atomic E-state index is 0.0904. The molecule has 1 aromatic carbocycles. The van der Waals surface area contributed by atoms with Crippen molar-refractivity contribution >= 4 is 33.6 Å². The van der Waals surface area contributed by atoms with E-state index < -0.39 is 5.60 Å². The largest absolute Gasteiger partial charge is 0.444 e. The molecule has 1 aliphatic rings. The Balaban J connectivity index is 1.88. The maximum atomic E-state index is 12.2. The Morgan fingerprint density at radius 1 is 1.42 bits per heavy atom. The van der Waals surface area contributed by atoms with Crippen molar-refractivity contribution in [2.75, 3.05) is 26.2 Å². The van der Waals surface area contributed by atoms with Crippen molar-refractivity contribution in [1.82, 2.24) is 10.2 Å². The van der Waals surface area contributed by atoms with E-state index in [-0.39, 0.29) is 12.1 Å².